The average molecular weight is 447 g/mol. The normalized spacial score (nSPS) is 22.6. The highest BCUT2D eigenvalue weighted by molar-refractivity contribution is 7.82. The highest BCUT2D eigenvalue weighted by Crippen LogP contribution is 2.32. The number of nitrogens with zero attached hydrogens (tertiary/aromatic N) is 2. The van der Waals surface area contributed by atoms with Gasteiger partial charge in [-0.05, 0) is 37.0 Å². The van der Waals surface area contributed by atoms with Gasteiger partial charge in [0.15, 0.2) is 17.5 Å². The van der Waals surface area contributed by atoms with Crippen molar-refractivity contribution in [1.82, 2.24) is 15.3 Å². The van der Waals surface area contributed by atoms with Crippen LogP contribution < -0.4 is 14.8 Å². The van der Waals surface area contributed by atoms with E-state index in [4.69, 9.17) is 21.7 Å². The van der Waals surface area contributed by atoms with Crippen molar-refractivity contribution in [2.75, 3.05) is 13.3 Å². The largest absolute Gasteiger partial charge is 0.480 e. The third-order valence-electron chi connectivity index (χ3n) is 5.51. The van der Waals surface area contributed by atoms with Crippen molar-refractivity contribution in [3.05, 3.63) is 23.8 Å². The second-order valence-electron chi connectivity index (χ2n) is 7.55. The van der Waals surface area contributed by atoms with Crippen molar-refractivity contribution in [2.24, 2.45) is 0 Å². The molecule has 0 aromatic heterocycles. The third-order valence-corrected chi connectivity index (χ3v) is 5.84. The van der Waals surface area contributed by atoms with Gasteiger partial charge in [0.2, 0.25) is 12.7 Å². The fourth-order valence-corrected chi connectivity index (χ4v) is 4.17. The Morgan fingerprint density at radius 1 is 1.19 bits per heavy atom. The summed E-state index contributed by atoms with van der Waals surface area (Å²) in [5.74, 6) is -1.54. The minimum absolute atomic E-state index is 0.0223. The van der Waals surface area contributed by atoms with E-state index in [1.165, 1.54) is 5.01 Å². The van der Waals surface area contributed by atoms with Crippen LogP contribution >= 0.6 is 12.2 Å². The van der Waals surface area contributed by atoms with Crippen LogP contribution in [0.3, 0.4) is 0 Å². The summed E-state index contributed by atoms with van der Waals surface area (Å²) in [6.07, 6.45) is 0.992. The van der Waals surface area contributed by atoms with E-state index in [-0.39, 0.29) is 49.8 Å². The number of carbonyl (C=O) groups is 4. The molecule has 3 heterocycles. The summed E-state index contributed by atoms with van der Waals surface area (Å²) in [5, 5.41) is 14.3. The van der Waals surface area contributed by atoms with Gasteiger partial charge in [0.1, 0.15) is 6.04 Å². The summed E-state index contributed by atoms with van der Waals surface area (Å²) in [7, 11) is 0. The first-order valence-corrected chi connectivity index (χ1v) is 10.3. The number of hydrazine groups is 1. The van der Waals surface area contributed by atoms with E-state index in [1.54, 1.807) is 18.2 Å². The van der Waals surface area contributed by atoms with Crippen LogP contribution in [0, 0.1) is 0 Å². The fraction of sp³-hybridized carbons (Fsp3) is 0.450. The lowest BCUT2D eigenvalue weighted by molar-refractivity contribution is -0.180. The maximum absolute atomic E-state index is 13.1. The topological polar surface area (TPSA) is 125 Å². The standard InChI is InChI=1S/C20H21N3O7S/c24-17-6-4-12(19(26)23-13(20(27)28)2-1-7-22(17)23)21-18(25)16(31)9-11-3-5-14-15(8-11)30-10-29-14/h3,5,8,12-13H,1-2,4,6-7,9-10H2,(H,21,25)(H,27,28)/t12?,13-/m0/s1. The molecule has 31 heavy (non-hydrogen) atoms. The first-order valence-electron chi connectivity index (χ1n) is 9.93. The Labute approximate surface area is 183 Å². The van der Waals surface area contributed by atoms with Gasteiger partial charge in [0.25, 0.3) is 11.8 Å². The Hall–Kier alpha value is -3.21. The number of carboxylic acids is 1. The predicted molar refractivity (Wildman–Crippen MR) is 109 cm³/mol. The van der Waals surface area contributed by atoms with Crippen LogP contribution in [0.1, 0.15) is 31.2 Å². The number of rotatable bonds is 5. The lowest BCUT2D eigenvalue weighted by Gasteiger charge is -2.41. The molecule has 10 nitrogen and oxygen atoms in total. The first-order chi connectivity index (χ1) is 14.8. The maximum Gasteiger partial charge on any atom is 0.328 e. The Bertz CT molecular complexity index is 966. The molecule has 0 bridgehead atoms. The van der Waals surface area contributed by atoms with Crippen LogP contribution in [-0.4, -0.2) is 69.1 Å². The lowest BCUT2D eigenvalue weighted by Crippen LogP contribution is -2.62. The zero-order valence-corrected chi connectivity index (χ0v) is 17.4. The van der Waals surface area contributed by atoms with Crippen molar-refractivity contribution >= 4 is 40.8 Å². The van der Waals surface area contributed by atoms with Gasteiger partial charge in [0, 0.05) is 19.4 Å². The third kappa shape index (κ3) is 4.18. The number of aliphatic carboxylic acids is 1. The summed E-state index contributed by atoms with van der Waals surface area (Å²) in [4.78, 5) is 49.9. The SMILES string of the molecule is O=C(NC1CCC(=O)N2CCC[C@@H](C(=O)O)N2C1=O)C(=S)Cc1ccc2c(c1)OCO2. The Balaban J connectivity index is 1.45. The molecule has 4 rings (SSSR count). The molecule has 1 unspecified atom stereocenters. The molecule has 164 valence electrons. The average Bonchev–Trinajstić information content (AvgIpc) is 3.18. The van der Waals surface area contributed by atoms with Crippen LogP contribution in [0.15, 0.2) is 18.2 Å². The van der Waals surface area contributed by atoms with Crippen molar-refractivity contribution in [3.63, 3.8) is 0 Å². The number of amides is 3. The van der Waals surface area contributed by atoms with Gasteiger partial charge in [-0.1, -0.05) is 18.3 Å². The van der Waals surface area contributed by atoms with E-state index >= 15 is 0 Å². The number of thiocarbonyl (C=S) groups is 1. The lowest BCUT2D eigenvalue weighted by atomic mass is 10.1. The monoisotopic (exact) mass is 447 g/mol. The van der Waals surface area contributed by atoms with Crippen LogP contribution in [0.25, 0.3) is 0 Å². The summed E-state index contributed by atoms with van der Waals surface area (Å²) in [5.41, 5.74) is 0.750. The van der Waals surface area contributed by atoms with Gasteiger partial charge in [-0.25, -0.2) is 9.80 Å². The summed E-state index contributed by atoms with van der Waals surface area (Å²) < 4.78 is 10.6. The number of hydrogen-bond acceptors (Lipinski definition) is 7. The van der Waals surface area contributed by atoms with Crippen LogP contribution in [-0.2, 0) is 25.6 Å². The molecule has 2 atom stereocenters. The van der Waals surface area contributed by atoms with Gasteiger partial charge in [0.05, 0.1) is 4.86 Å². The number of nitrogens with one attached hydrogen (secondary N) is 1. The molecule has 3 amide bonds. The zero-order chi connectivity index (χ0) is 22.1. The van der Waals surface area contributed by atoms with Crippen molar-refractivity contribution < 1.29 is 33.8 Å². The smallest absolute Gasteiger partial charge is 0.328 e. The second-order valence-corrected chi connectivity index (χ2v) is 8.04. The van der Waals surface area contributed by atoms with Gasteiger partial charge in [-0.15, -0.1) is 0 Å². The van der Waals surface area contributed by atoms with Crippen LogP contribution in [0.2, 0.25) is 0 Å². The summed E-state index contributed by atoms with van der Waals surface area (Å²) in [6.45, 7) is 0.411. The Morgan fingerprint density at radius 2 is 1.97 bits per heavy atom. The molecule has 1 aromatic rings. The highest BCUT2D eigenvalue weighted by Gasteiger charge is 2.44. The summed E-state index contributed by atoms with van der Waals surface area (Å²) in [6, 6.07) is 3.07. The summed E-state index contributed by atoms with van der Waals surface area (Å²) >= 11 is 5.25. The van der Waals surface area contributed by atoms with Gasteiger partial charge < -0.3 is 19.9 Å². The molecule has 0 aliphatic carbocycles. The first kappa shape index (κ1) is 21.0. The molecular weight excluding hydrogens is 426 g/mol. The molecule has 0 radical (unpaired) electrons. The number of fused-ring (bicyclic) bond motifs is 2. The van der Waals surface area contributed by atoms with E-state index in [0.717, 1.165) is 10.6 Å². The van der Waals surface area contributed by atoms with E-state index in [0.29, 0.717) is 17.9 Å². The zero-order valence-electron chi connectivity index (χ0n) is 16.5. The Kier molecular flexibility index (Phi) is 5.77. The molecule has 2 fully saturated rings. The Morgan fingerprint density at radius 3 is 2.74 bits per heavy atom. The molecule has 0 saturated carbocycles. The number of carboxylic acid groups (broad SMARTS) is 1. The number of ether oxygens (including phenoxy) is 2. The molecule has 3 aliphatic heterocycles. The minimum atomic E-state index is -1.18. The molecule has 11 heteroatoms. The molecule has 3 aliphatic rings. The molecule has 1 aromatic carbocycles. The molecule has 0 spiro atoms. The van der Waals surface area contributed by atoms with Crippen molar-refractivity contribution in [1.29, 1.82) is 0 Å². The number of benzene rings is 1. The van der Waals surface area contributed by atoms with E-state index in [1.807, 2.05) is 0 Å². The van der Waals surface area contributed by atoms with Gasteiger partial charge in [-0.2, -0.15) is 0 Å². The highest BCUT2D eigenvalue weighted by atomic mass is 32.1. The predicted octanol–water partition coefficient (Wildman–Crippen LogP) is 0.425. The van der Waals surface area contributed by atoms with Gasteiger partial charge >= 0.3 is 5.97 Å². The van der Waals surface area contributed by atoms with E-state index in [9.17, 15) is 24.3 Å². The number of hydrogen-bond donors (Lipinski definition) is 2. The molecule has 2 N–H and O–H groups in total. The van der Waals surface area contributed by atoms with Crippen LogP contribution in [0.5, 0.6) is 11.5 Å². The quantitative estimate of drug-likeness (QED) is 0.623. The van der Waals surface area contributed by atoms with E-state index < -0.39 is 29.9 Å². The second kappa shape index (κ2) is 8.50. The van der Waals surface area contributed by atoms with Gasteiger partial charge in [-0.3, -0.25) is 19.4 Å². The van der Waals surface area contributed by atoms with E-state index in [2.05, 4.69) is 5.32 Å². The molecular formula is C20H21N3O7S. The maximum atomic E-state index is 13.1. The molecule has 2 saturated heterocycles. The van der Waals surface area contributed by atoms with Crippen molar-refractivity contribution in [2.45, 2.75) is 44.2 Å². The minimum Gasteiger partial charge on any atom is -0.480 e. The van der Waals surface area contributed by atoms with Crippen LogP contribution in [0.4, 0.5) is 0 Å². The van der Waals surface area contributed by atoms with Crippen molar-refractivity contribution in [3.8, 4) is 11.5 Å². The fourth-order valence-electron chi connectivity index (χ4n) is 3.95. The number of carbonyl (C=O) groups excluding carboxylic acids is 3.